The smallest absolute Gasteiger partial charge is 0.318 e. The highest BCUT2D eigenvalue weighted by molar-refractivity contribution is 5.95. The van der Waals surface area contributed by atoms with Gasteiger partial charge in [-0.15, -0.1) is 0 Å². The van der Waals surface area contributed by atoms with Gasteiger partial charge in [-0.2, -0.15) is 5.10 Å². The van der Waals surface area contributed by atoms with Crippen LogP contribution in [0.1, 0.15) is 13.0 Å². The Labute approximate surface area is 114 Å². The van der Waals surface area contributed by atoms with Crippen molar-refractivity contribution in [1.29, 1.82) is 0 Å². The van der Waals surface area contributed by atoms with Gasteiger partial charge >= 0.3 is 6.03 Å². The Morgan fingerprint density at radius 2 is 1.95 bits per heavy atom. The van der Waals surface area contributed by atoms with E-state index in [-0.39, 0.29) is 0 Å². The number of hydrogen-bond donors (Lipinski definition) is 3. The van der Waals surface area contributed by atoms with Crippen LogP contribution in [0.2, 0.25) is 0 Å². The van der Waals surface area contributed by atoms with E-state index in [1.54, 1.807) is 31.2 Å². The lowest BCUT2D eigenvalue weighted by Crippen LogP contribution is -2.39. The highest BCUT2D eigenvalue weighted by Crippen LogP contribution is 2.17. The SMILES string of the molecule is CC(C(=O)NC(N)=O)n1cnc(-c2ccc(N)cc2)n1. The van der Waals surface area contributed by atoms with E-state index in [1.807, 2.05) is 5.32 Å². The van der Waals surface area contributed by atoms with Crippen molar-refractivity contribution in [2.45, 2.75) is 13.0 Å². The number of nitrogens with two attached hydrogens (primary N) is 2. The Bertz CT molecular complexity index is 634. The fraction of sp³-hybridized carbons (Fsp3) is 0.167. The first-order valence-corrected chi connectivity index (χ1v) is 5.84. The summed E-state index contributed by atoms with van der Waals surface area (Å²) in [4.78, 5) is 26.4. The van der Waals surface area contributed by atoms with Crippen molar-refractivity contribution in [1.82, 2.24) is 20.1 Å². The van der Waals surface area contributed by atoms with Crippen LogP contribution in [-0.2, 0) is 4.79 Å². The molecule has 0 aliphatic heterocycles. The van der Waals surface area contributed by atoms with Crippen molar-refractivity contribution in [2.75, 3.05) is 5.73 Å². The molecule has 1 atom stereocenters. The molecule has 3 amide bonds. The highest BCUT2D eigenvalue weighted by Gasteiger charge is 2.18. The third-order valence-electron chi connectivity index (χ3n) is 2.70. The van der Waals surface area contributed by atoms with Gasteiger partial charge in [0.2, 0.25) is 0 Å². The lowest BCUT2D eigenvalue weighted by Gasteiger charge is -2.09. The van der Waals surface area contributed by atoms with Gasteiger partial charge in [-0.3, -0.25) is 10.1 Å². The molecule has 1 unspecified atom stereocenters. The summed E-state index contributed by atoms with van der Waals surface area (Å²) in [5.41, 5.74) is 11.9. The maximum absolute atomic E-state index is 11.6. The van der Waals surface area contributed by atoms with Crippen LogP contribution in [0.3, 0.4) is 0 Å². The second-order valence-corrected chi connectivity index (χ2v) is 4.20. The molecule has 0 aliphatic carbocycles. The summed E-state index contributed by atoms with van der Waals surface area (Å²) in [5, 5.41) is 6.18. The number of carbonyl (C=O) groups is 2. The summed E-state index contributed by atoms with van der Waals surface area (Å²) in [6.45, 7) is 1.58. The number of anilines is 1. The number of carbonyl (C=O) groups excluding carboxylic acids is 2. The van der Waals surface area contributed by atoms with Crippen LogP contribution in [0.25, 0.3) is 11.4 Å². The first kappa shape index (κ1) is 13.5. The standard InChI is InChI=1S/C12H14N6O2/c1-7(11(19)16-12(14)20)18-6-15-10(17-18)8-2-4-9(13)5-3-8/h2-7H,13H2,1H3,(H3,14,16,19,20). The average molecular weight is 274 g/mol. The number of nitrogens with zero attached hydrogens (tertiary/aromatic N) is 3. The fourth-order valence-electron chi connectivity index (χ4n) is 1.57. The molecular formula is C12H14N6O2. The van der Waals surface area contributed by atoms with E-state index in [4.69, 9.17) is 11.5 Å². The fourth-order valence-corrected chi connectivity index (χ4v) is 1.57. The first-order valence-electron chi connectivity index (χ1n) is 5.84. The van der Waals surface area contributed by atoms with Gasteiger partial charge < -0.3 is 11.5 Å². The van der Waals surface area contributed by atoms with Gasteiger partial charge in [0.1, 0.15) is 12.4 Å². The second kappa shape index (κ2) is 5.39. The van der Waals surface area contributed by atoms with Gasteiger partial charge in [-0.1, -0.05) is 0 Å². The third kappa shape index (κ3) is 2.91. The Hall–Kier alpha value is -2.90. The van der Waals surface area contributed by atoms with Crippen molar-refractivity contribution in [3.8, 4) is 11.4 Å². The largest absolute Gasteiger partial charge is 0.399 e. The summed E-state index contributed by atoms with van der Waals surface area (Å²) in [6.07, 6.45) is 1.41. The average Bonchev–Trinajstić information content (AvgIpc) is 2.87. The minimum absolute atomic E-state index is 0.462. The number of nitrogens with one attached hydrogen (secondary N) is 1. The van der Waals surface area contributed by atoms with Crippen LogP contribution in [0.5, 0.6) is 0 Å². The van der Waals surface area contributed by atoms with Crippen LogP contribution in [-0.4, -0.2) is 26.7 Å². The Morgan fingerprint density at radius 3 is 2.55 bits per heavy atom. The molecule has 0 saturated heterocycles. The first-order chi connectivity index (χ1) is 9.47. The molecule has 0 aliphatic rings. The van der Waals surface area contributed by atoms with Gasteiger partial charge in [0.25, 0.3) is 5.91 Å². The molecule has 2 rings (SSSR count). The molecule has 5 N–H and O–H groups in total. The van der Waals surface area contributed by atoms with Gasteiger partial charge in [0.05, 0.1) is 0 Å². The van der Waals surface area contributed by atoms with Gasteiger partial charge in [-0.25, -0.2) is 14.5 Å². The maximum Gasteiger partial charge on any atom is 0.318 e. The zero-order chi connectivity index (χ0) is 14.7. The van der Waals surface area contributed by atoms with E-state index in [1.165, 1.54) is 11.0 Å². The zero-order valence-corrected chi connectivity index (χ0v) is 10.8. The minimum Gasteiger partial charge on any atom is -0.399 e. The number of aromatic nitrogens is 3. The van der Waals surface area contributed by atoms with Crippen LogP contribution >= 0.6 is 0 Å². The quantitative estimate of drug-likeness (QED) is 0.692. The van der Waals surface area contributed by atoms with Gasteiger partial charge in [0.15, 0.2) is 5.82 Å². The normalized spacial score (nSPS) is 11.8. The van der Waals surface area contributed by atoms with Crippen molar-refractivity contribution in [3.63, 3.8) is 0 Å². The molecule has 1 heterocycles. The molecule has 0 radical (unpaired) electrons. The van der Waals surface area contributed by atoms with Crippen LogP contribution in [0, 0.1) is 0 Å². The number of amides is 3. The molecule has 8 nitrogen and oxygen atoms in total. The summed E-state index contributed by atoms with van der Waals surface area (Å²) in [5.74, 6) is -0.0880. The van der Waals surface area contributed by atoms with Gasteiger partial charge in [0, 0.05) is 11.3 Å². The number of nitrogen functional groups attached to an aromatic ring is 1. The number of imide groups is 1. The summed E-state index contributed by atoms with van der Waals surface area (Å²) < 4.78 is 1.35. The summed E-state index contributed by atoms with van der Waals surface area (Å²) in [7, 11) is 0. The van der Waals surface area contributed by atoms with E-state index >= 15 is 0 Å². The Kier molecular flexibility index (Phi) is 3.65. The highest BCUT2D eigenvalue weighted by atomic mass is 16.2. The molecule has 104 valence electrons. The van der Waals surface area contributed by atoms with Crippen molar-refractivity contribution >= 4 is 17.6 Å². The predicted octanol–water partition coefficient (Wildman–Crippen LogP) is 0.283. The molecule has 1 aromatic heterocycles. The van der Waals surface area contributed by atoms with Crippen molar-refractivity contribution < 1.29 is 9.59 Å². The molecule has 0 fully saturated rings. The van der Waals surface area contributed by atoms with E-state index in [0.717, 1.165) is 5.56 Å². The third-order valence-corrected chi connectivity index (χ3v) is 2.70. The van der Waals surface area contributed by atoms with E-state index in [0.29, 0.717) is 11.5 Å². The topological polar surface area (TPSA) is 129 Å². The van der Waals surface area contributed by atoms with Crippen molar-refractivity contribution in [2.24, 2.45) is 5.73 Å². The molecule has 2 aromatic rings. The number of primary amides is 1. The number of rotatable bonds is 3. The molecule has 0 bridgehead atoms. The number of benzene rings is 1. The number of hydrogen-bond acceptors (Lipinski definition) is 5. The second-order valence-electron chi connectivity index (χ2n) is 4.20. The lowest BCUT2D eigenvalue weighted by molar-refractivity contribution is -0.122. The van der Waals surface area contributed by atoms with Crippen molar-refractivity contribution in [3.05, 3.63) is 30.6 Å². The molecule has 1 aromatic carbocycles. The molecular weight excluding hydrogens is 260 g/mol. The Morgan fingerprint density at radius 1 is 1.30 bits per heavy atom. The van der Waals surface area contributed by atoms with Crippen LogP contribution < -0.4 is 16.8 Å². The monoisotopic (exact) mass is 274 g/mol. The van der Waals surface area contributed by atoms with Gasteiger partial charge in [-0.05, 0) is 31.2 Å². The summed E-state index contributed by atoms with van der Waals surface area (Å²) in [6, 6.07) is 5.43. The molecule has 20 heavy (non-hydrogen) atoms. The summed E-state index contributed by atoms with van der Waals surface area (Å²) >= 11 is 0. The van der Waals surface area contributed by atoms with E-state index in [9.17, 15) is 9.59 Å². The molecule has 0 saturated carbocycles. The van der Waals surface area contributed by atoms with Crippen LogP contribution in [0.15, 0.2) is 30.6 Å². The molecule has 0 spiro atoms. The lowest BCUT2D eigenvalue weighted by atomic mass is 10.2. The Balaban J connectivity index is 2.18. The molecule has 8 heteroatoms. The maximum atomic E-state index is 11.6. The zero-order valence-electron chi connectivity index (χ0n) is 10.8. The van der Waals surface area contributed by atoms with E-state index < -0.39 is 18.0 Å². The minimum atomic E-state index is -0.902. The predicted molar refractivity (Wildman–Crippen MR) is 72.3 cm³/mol. The number of urea groups is 1. The van der Waals surface area contributed by atoms with E-state index in [2.05, 4.69) is 10.1 Å². The van der Waals surface area contributed by atoms with Crippen LogP contribution in [0.4, 0.5) is 10.5 Å².